The largest absolute Gasteiger partial charge is 0.465 e. The summed E-state index contributed by atoms with van der Waals surface area (Å²) >= 11 is 0. The number of aryl methyl sites for hydroxylation is 1. The van der Waals surface area contributed by atoms with E-state index >= 15 is 0 Å². The number of furan rings is 1. The Morgan fingerprint density at radius 2 is 2.04 bits per heavy atom. The summed E-state index contributed by atoms with van der Waals surface area (Å²) in [5.74, 6) is 1.85. The highest BCUT2D eigenvalue weighted by Gasteiger charge is 2.17. The predicted molar refractivity (Wildman–Crippen MR) is 93.1 cm³/mol. The Balaban J connectivity index is 1.84. The summed E-state index contributed by atoms with van der Waals surface area (Å²) in [6.07, 6.45) is -0.359. The highest BCUT2D eigenvalue weighted by Crippen LogP contribution is 2.11. The Morgan fingerprint density at radius 3 is 2.67 bits per heavy atom. The van der Waals surface area contributed by atoms with E-state index in [-0.39, 0.29) is 6.10 Å². The van der Waals surface area contributed by atoms with Crippen LogP contribution in [0.4, 0.5) is 0 Å². The molecule has 0 saturated carbocycles. The Morgan fingerprint density at radius 1 is 1.29 bits per heavy atom. The topological polar surface area (TPSA) is 58.3 Å². The quantitative estimate of drug-likeness (QED) is 0.697. The van der Waals surface area contributed by atoms with Crippen molar-refractivity contribution < 1.29 is 19.0 Å². The summed E-state index contributed by atoms with van der Waals surface area (Å²) < 4.78 is 16.6. The lowest BCUT2D eigenvalue weighted by Crippen LogP contribution is -2.43. The summed E-state index contributed by atoms with van der Waals surface area (Å²) in [6, 6.07) is 3.99. The van der Waals surface area contributed by atoms with Gasteiger partial charge in [-0.05, 0) is 32.9 Å². The molecule has 1 aromatic heterocycles. The second-order valence-electron chi connectivity index (χ2n) is 6.74. The zero-order chi connectivity index (χ0) is 17.4. The van der Waals surface area contributed by atoms with Crippen LogP contribution in [0.5, 0.6) is 0 Å². The van der Waals surface area contributed by atoms with E-state index in [0.717, 1.165) is 50.9 Å². The van der Waals surface area contributed by atoms with Gasteiger partial charge in [-0.2, -0.15) is 0 Å². The van der Waals surface area contributed by atoms with Crippen molar-refractivity contribution in [3.63, 3.8) is 0 Å². The number of aliphatic hydroxyl groups excluding tert-OH is 1. The molecule has 0 aromatic carbocycles. The first-order chi connectivity index (χ1) is 11.5. The van der Waals surface area contributed by atoms with Crippen LogP contribution in [0, 0.1) is 6.92 Å². The van der Waals surface area contributed by atoms with Gasteiger partial charge in [0.2, 0.25) is 0 Å². The van der Waals surface area contributed by atoms with Crippen molar-refractivity contribution >= 4 is 0 Å². The Labute approximate surface area is 145 Å². The third-order valence-electron chi connectivity index (χ3n) is 4.10. The number of morpholine rings is 1. The average Bonchev–Trinajstić information content (AvgIpc) is 2.96. The molecule has 1 aliphatic heterocycles. The van der Waals surface area contributed by atoms with Gasteiger partial charge in [0.25, 0.3) is 0 Å². The molecule has 0 radical (unpaired) electrons. The molecule has 0 spiro atoms. The highest BCUT2D eigenvalue weighted by atomic mass is 16.5. The van der Waals surface area contributed by atoms with Crippen molar-refractivity contribution in [2.75, 3.05) is 52.5 Å². The lowest BCUT2D eigenvalue weighted by atomic mass is 10.3. The fraction of sp³-hybridized carbons (Fsp3) is 0.778. The van der Waals surface area contributed by atoms with Crippen molar-refractivity contribution in [1.29, 1.82) is 0 Å². The predicted octanol–water partition coefficient (Wildman–Crippen LogP) is 1.51. The zero-order valence-electron chi connectivity index (χ0n) is 15.2. The molecule has 1 N–H and O–H groups in total. The van der Waals surface area contributed by atoms with E-state index in [1.54, 1.807) is 0 Å². The molecular weight excluding hydrogens is 308 g/mol. The third-order valence-corrected chi connectivity index (χ3v) is 4.10. The average molecular weight is 340 g/mol. The standard InChI is InChI=1S/C18H32N2O4/c1-15(2)23-14-17(21)12-20(13-18-5-4-16(3)24-18)7-6-19-8-10-22-11-9-19/h4-5,15,17,21H,6-14H2,1-3H3/t17-/m1/s1. The van der Waals surface area contributed by atoms with Crippen LogP contribution in [-0.2, 0) is 16.0 Å². The zero-order valence-corrected chi connectivity index (χ0v) is 15.2. The molecule has 2 heterocycles. The van der Waals surface area contributed by atoms with E-state index in [2.05, 4.69) is 9.80 Å². The highest BCUT2D eigenvalue weighted by molar-refractivity contribution is 5.05. The molecule has 1 aliphatic rings. The Kier molecular flexibility index (Phi) is 8.21. The van der Waals surface area contributed by atoms with Crippen molar-refractivity contribution in [2.45, 2.75) is 39.5 Å². The number of aliphatic hydroxyl groups is 1. The minimum Gasteiger partial charge on any atom is -0.465 e. The smallest absolute Gasteiger partial charge is 0.118 e. The SMILES string of the molecule is Cc1ccc(CN(CCN2CCOCC2)C[C@@H](O)COC(C)C)o1. The minimum atomic E-state index is -0.492. The van der Waals surface area contributed by atoms with Crippen molar-refractivity contribution in [3.05, 3.63) is 23.7 Å². The third kappa shape index (κ3) is 7.32. The summed E-state index contributed by atoms with van der Waals surface area (Å²) in [6.45, 7) is 13.0. The monoisotopic (exact) mass is 340 g/mol. The van der Waals surface area contributed by atoms with Crippen molar-refractivity contribution in [2.24, 2.45) is 0 Å². The van der Waals surface area contributed by atoms with Crippen LogP contribution in [0.1, 0.15) is 25.4 Å². The van der Waals surface area contributed by atoms with Crippen LogP contribution in [0.2, 0.25) is 0 Å². The molecule has 138 valence electrons. The molecule has 24 heavy (non-hydrogen) atoms. The van der Waals surface area contributed by atoms with Gasteiger partial charge in [-0.1, -0.05) is 0 Å². The number of nitrogens with zero attached hydrogens (tertiary/aromatic N) is 2. The first-order valence-corrected chi connectivity index (χ1v) is 8.90. The van der Waals surface area contributed by atoms with Gasteiger partial charge in [0.05, 0.1) is 38.6 Å². The van der Waals surface area contributed by atoms with E-state index in [0.29, 0.717) is 19.7 Å². The first kappa shape index (κ1) is 19.4. The number of hydrogen-bond donors (Lipinski definition) is 1. The molecule has 0 bridgehead atoms. The van der Waals surface area contributed by atoms with Crippen molar-refractivity contribution in [3.8, 4) is 0 Å². The van der Waals surface area contributed by atoms with Crippen LogP contribution >= 0.6 is 0 Å². The van der Waals surface area contributed by atoms with Gasteiger partial charge in [0.1, 0.15) is 11.5 Å². The number of hydrogen-bond acceptors (Lipinski definition) is 6. The summed E-state index contributed by atoms with van der Waals surface area (Å²) in [5, 5.41) is 10.3. The molecular formula is C18H32N2O4. The molecule has 0 amide bonds. The van der Waals surface area contributed by atoms with E-state index in [4.69, 9.17) is 13.9 Å². The molecule has 6 nitrogen and oxygen atoms in total. The Bertz CT molecular complexity index is 458. The molecule has 1 fully saturated rings. The summed E-state index contributed by atoms with van der Waals surface area (Å²) in [4.78, 5) is 4.64. The van der Waals surface area contributed by atoms with E-state index < -0.39 is 6.10 Å². The van der Waals surface area contributed by atoms with Gasteiger partial charge in [-0.25, -0.2) is 0 Å². The number of rotatable bonds is 10. The van der Waals surface area contributed by atoms with Crippen LogP contribution in [0.25, 0.3) is 0 Å². The lowest BCUT2D eigenvalue weighted by molar-refractivity contribution is -0.0137. The van der Waals surface area contributed by atoms with Gasteiger partial charge < -0.3 is 19.0 Å². The van der Waals surface area contributed by atoms with E-state index in [9.17, 15) is 5.11 Å². The summed E-state index contributed by atoms with van der Waals surface area (Å²) in [5.41, 5.74) is 0. The molecule has 1 saturated heterocycles. The lowest BCUT2D eigenvalue weighted by Gasteiger charge is -2.30. The van der Waals surface area contributed by atoms with Gasteiger partial charge in [0.15, 0.2) is 0 Å². The van der Waals surface area contributed by atoms with Gasteiger partial charge in [-0.3, -0.25) is 9.80 Å². The van der Waals surface area contributed by atoms with Crippen LogP contribution in [-0.4, -0.2) is 79.7 Å². The van der Waals surface area contributed by atoms with Crippen LogP contribution in [0.3, 0.4) is 0 Å². The van der Waals surface area contributed by atoms with Crippen LogP contribution < -0.4 is 0 Å². The fourth-order valence-electron chi connectivity index (χ4n) is 2.79. The molecule has 2 rings (SSSR count). The Hall–Kier alpha value is -0.920. The first-order valence-electron chi connectivity index (χ1n) is 8.90. The molecule has 6 heteroatoms. The van der Waals surface area contributed by atoms with E-state index in [1.807, 2.05) is 32.9 Å². The van der Waals surface area contributed by atoms with Crippen LogP contribution in [0.15, 0.2) is 16.5 Å². The maximum atomic E-state index is 10.3. The summed E-state index contributed by atoms with van der Waals surface area (Å²) in [7, 11) is 0. The van der Waals surface area contributed by atoms with Gasteiger partial charge in [-0.15, -0.1) is 0 Å². The maximum Gasteiger partial charge on any atom is 0.118 e. The maximum absolute atomic E-state index is 10.3. The minimum absolute atomic E-state index is 0.133. The second-order valence-corrected chi connectivity index (χ2v) is 6.74. The number of ether oxygens (including phenoxy) is 2. The molecule has 0 unspecified atom stereocenters. The van der Waals surface area contributed by atoms with E-state index in [1.165, 1.54) is 0 Å². The molecule has 1 atom stereocenters. The van der Waals surface area contributed by atoms with Gasteiger partial charge >= 0.3 is 0 Å². The second kappa shape index (κ2) is 10.2. The fourth-order valence-corrected chi connectivity index (χ4v) is 2.79. The van der Waals surface area contributed by atoms with Gasteiger partial charge in [0, 0.05) is 32.7 Å². The molecule has 1 aromatic rings. The van der Waals surface area contributed by atoms with Crippen molar-refractivity contribution in [1.82, 2.24) is 9.80 Å². The normalized spacial score (nSPS) is 17.8. The molecule has 0 aliphatic carbocycles.